The average Bonchev–Trinajstić information content (AvgIpc) is 3.11. The second-order valence-corrected chi connectivity index (χ2v) is 8.58. The van der Waals surface area contributed by atoms with Gasteiger partial charge < -0.3 is 14.7 Å². The number of hydrogen-bond acceptors (Lipinski definition) is 6. The molecule has 28 heavy (non-hydrogen) atoms. The molecular weight excluding hydrogens is 372 g/mol. The lowest BCUT2D eigenvalue weighted by atomic mass is 10.2. The lowest BCUT2D eigenvalue weighted by Crippen LogP contribution is -2.49. The molecule has 0 aliphatic carbocycles. The standard InChI is InChI=1S/C20H30N6OS/c1-15(2)26-19(23(4)5)21-22-20(26)28-14-18(27)25-11-9-24(10-12-25)17-8-6-7-16(3)13-17/h6-8,13,15H,9-12,14H2,1-5H3. The van der Waals surface area contributed by atoms with Gasteiger partial charge in [0.2, 0.25) is 11.9 Å². The Kier molecular flexibility index (Phi) is 6.49. The number of rotatable bonds is 6. The van der Waals surface area contributed by atoms with Gasteiger partial charge in [-0.05, 0) is 38.5 Å². The maximum absolute atomic E-state index is 12.7. The van der Waals surface area contributed by atoms with E-state index in [1.165, 1.54) is 23.0 Å². The summed E-state index contributed by atoms with van der Waals surface area (Å²) in [5.41, 5.74) is 2.50. The van der Waals surface area contributed by atoms with E-state index in [-0.39, 0.29) is 11.9 Å². The predicted octanol–water partition coefficient (Wildman–Crippen LogP) is 2.67. The summed E-state index contributed by atoms with van der Waals surface area (Å²) in [5, 5.41) is 9.35. The van der Waals surface area contributed by atoms with E-state index in [0.29, 0.717) is 5.75 Å². The number of carbonyl (C=O) groups excluding carboxylic acids is 1. The summed E-state index contributed by atoms with van der Waals surface area (Å²) in [6.45, 7) is 9.57. The number of anilines is 2. The van der Waals surface area contributed by atoms with Crippen molar-refractivity contribution >= 4 is 29.3 Å². The van der Waals surface area contributed by atoms with Crippen LogP contribution in [-0.2, 0) is 4.79 Å². The summed E-state index contributed by atoms with van der Waals surface area (Å²) in [5.74, 6) is 1.37. The minimum Gasteiger partial charge on any atom is -0.368 e. The number of amides is 1. The molecule has 3 rings (SSSR count). The van der Waals surface area contributed by atoms with Gasteiger partial charge in [0.1, 0.15) is 0 Å². The van der Waals surface area contributed by atoms with Crippen LogP contribution in [0.25, 0.3) is 0 Å². The van der Waals surface area contributed by atoms with Gasteiger partial charge in [0.25, 0.3) is 0 Å². The number of carbonyl (C=O) groups is 1. The van der Waals surface area contributed by atoms with E-state index in [1.807, 2.05) is 23.9 Å². The van der Waals surface area contributed by atoms with Crippen LogP contribution in [0, 0.1) is 6.92 Å². The summed E-state index contributed by atoms with van der Waals surface area (Å²) >= 11 is 1.47. The van der Waals surface area contributed by atoms with E-state index in [0.717, 1.165) is 37.3 Å². The molecule has 0 spiro atoms. The molecule has 1 aromatic carbocycles. The van der Waals surface area contributed by atoms with Crippen LogP contribution in [0.3, 0.4) is 0 Å². The molecule has 2 heterocycles. The minimum absolute atomic E-state index is 0.165. The first-order valence-corrected chi connectivity index (χ1v) is 10.7. The Morgan fingerprint density at radius 3 is 2.50 bits per heavy atom. The number of aryl methyl sites for hydroxylation is 1. The molecule has 1 aliphatic heterocycles. The SMILES string of the molecule is Cc1cccc(N2CCN(C(=O)CSc3nnc(N(C)C)n3C(C)C)CC2)c1. The highest BCUT2D eigenvalue weighted by molar-refractivity contribution is 7.99. The first kappa shape index (κ1) is 20.5. The molecule has 1 aliphatic rings. The first-order valence-electron chi connectivity index (χ1n) is 9.71. The number of piperazine rings is 1. The third kappa shape index (κ3) is 4.60. The first-order chi connectivity index (χ1) is 13.4. The molecule has 1 fully saturated rings. The molecule has 1 amide bonds. The maximum Gasteiger partial charge on any atom is 0.233 e. The molecule has 7 nitrogen and oxygen atoms in total. The van der Waals surface area contributed by atoms with E-state index >= 15 is 0 Å². The van der Waals surface area contributed by atoms with Crippen LogP contribution in [0.4, 0.5) is 11.6 Å². The molecule has 2 aromatic rings. The lowest BCUT2D eigenvalue weighted by molar-refractivity contribution is -0.128. The van der Waals surface area contributed by atoms with Gasteiger partial charge in [-0.2, -0.15) is 0 Å². The van der Waals surface area contributed by atoms with Crippen LogP contribution in [-0.4, -0.2) is 71.6 Å². The highest BCUT2D eigenvalue weighted by atomic mass is 32.2. The van der Waals surface area contributed by atoms with E-state index in [4.69, 9.17) is 0 Å². The molecule has 0 radical (unpaired) electrons. The smallest absolute Gasteiger partial charge is 0.233 e. The molecule has 0 bridgehead atoms. The van der Waals surface area contributed by atoms with Gasteiger partial charge in [0.15, 0.2) is 5.16 Å². The molecular formula is C20H30N6OS. The Morgan fingerprint density at radius 2 is 1.89 bits per heavy atom. The van der Waals surface area contributed by atoms with Crippen molar-refractivity contribution < 1.29 is 4.79 Å². The Bertz CT molecular complexity index is 811. The fourth-order valence-electron chi connectivity index (χ4n) is 3.38. The summed E-state index contributed by atoms with van der Waals surface area (Å²) in [6, 6.07) is 8.78. The van der Waals surface area contributed by atoms with Crippen molar-refractivity contribution in [2.24, 2.45) is 0 Å². The Hall–Kier alpha value is -2.22. The Labute approximate surface area is 171 Å². The highest BCUT2D eigenvalue weighted by Crippen LogP contribution is 2.26. The van der Waals surface area contributed by atoms with Gasteiger partial charge in [-0.3, -0.25) is 9.36 Å². The van der Waals surface area contributed by atoms with Crippen LogP contribution in [0.1, 0.15) is 25.5 Å². The van der Waals surface area contributed by atoms with Crippen molar-refractivity contribution in [3.05, 3.63) is 29.8 Å². The van der Waals surface area contributed by atoms with Crippen molar-refractivity contribution in [2.75, 3.05) is 55.8 Å². The van der Waals surface area contributed by atoms with Gasteiger partial charge in [-0.15, -0.1) is 10.2 Å². The monoisotopic (exact) mass is 402 g/mol. The van der Waals surface area contributed by atoms with Crippen LogP contribution in [0.5, 0.6) is 0 Å². The van der Waals surface area contributed by atoms with Crippen molar-refractivity contribution in [3.8, 4) is 0 Å². The molecule has 8 heteroatoms. The topological polar surface area (TPSA) is 57.5 Å². The molecule has 0 atom stereocenters. The predicted molar refractivity (Wildman–Crippen MR) is 115 cm³/mol. The molecule has 0 unspecified atom stereocenters. The summed E-state index contributed by atoms with van der Waals surface area (Å²) in [4.78, 5) is 19.0. The number of benzene rings is 1. The zero-order valence-corrected chi connectivity index (χ0v) is 18.2. The van der Waals surface area contributed by atoms with Gasteiger partial charge in [0, 0.05) is 52.0 Å². The van der Waals surface area contributed by atoms with Crippen molar-refractivity contribution in [2.45, 2.75) is 32.0 Å². The number of thioether (sulfide) groups is 1. The van der Waals surface area contributed by atoms with Crippen LogP contribution < -0.4 is 9.80 Å². The van der Waals surface area contributed by atoms with Crippen molar-refractivity contribution in [1.29, 1.82) is 0 Å². The van der Waals surface area contributed by atoms with Gasteiger partial charge >= 0.3 is 0 Å². The van der Waals surface area contributed by atoms with Gasteiger partial charge in [-0.25, -0.2) is 0 Å². The Balaban J connectivity index is 1.55. The second kappa shape index (κ2) is 8.86. The van der Waals surface area contributed by atoms with Crippen molar-refractivity contribution in [1.82, 2.24) is 19.7 Å². The summed E-state index contributed by atoms with van der Waals surface area (Å²) < 4.78 is 2.08. The van der Waals surface area contributed by atoms with Crippen LogP contribution >= 0.6 is 11.8 Å². The zero-order chi connectivity index (χ0) is 20.3. The number of hydrogen-bond donors (Lipinski definition) is 0. The fourth-order valence-corrected chi connectivity index (χ4v) is 4.35. The van der Waals surface area contributed by atoms with Crippen molar-refractivity contribution in [3.63, 3.8) is 0 Å². The Morgan fingerprint density at radius 1 is 1.18 bits per heavy atom. The quantitative estimate of drug-likeness (QED) is 0.693. The lowest BCUT2D eigenvalue weighted by Gasteiger charge is -2.36. The van der Waals surface area contributed by atoms with E-state index < -0.39 is 0 Å². The normalized spacial score (nSPS) is 14.6. The third-order valence-electron chi connectivity index (χ3n) is 4.89. The molecule has 0 saturated carbocycles. The zero-order valence-electron chi connectivity index (χ0n) is 17.4. The maximum atomic E-state index is 12.7. The number of aromatic nitrogens is 3. The van der Waals surface area contributed by atoms with E-state index in [2.05, 4.69) is 64.7 Å². The second-order valence-electron chi connectivity index (χ2n) is 7.64. The van der Waals surface area contributed by atoms with Crippen LogP contribution in [0.2, 0.25) is 0 Å². The molecule has 1 aromatic heterocycles. The van der Waals surface area contributed by atoms with E-state index in [9.17, 15) is 4.79 Å². The summed E-state index contributed by atoms with van der Waals surface area (Å²) in [7, 11) is 3.91. The average molecular weight is 403 g/mol. The molecule has 1 saturated heterocycles. The largest absolute Gasteiger partial charge is 0.368 e. The summed E-state index contributed by atoms with van der Waals surface area (Å²) in [6.07, 6.45) is 0. The highest BCUT2D eigenvalue weighted by Gasteiger charge is 2.23. The third-order valence-corrected chi connectivity index (χ3v) is 5.81. The van der Waals surface area contributed by atoms with Crippen LogP contribution in [0.15, 0.2) is 29.4 Å². The minimum atomic E-state index is 0.165. The fraction of sp³-hybridized carbons (Fsp3) is 0.550. The molecule has 0 N–H and O–H groups in total. The van der Waals surface area contributed by atoms with E-state index in [1.54, 1.807) is 0 Å². The molecule has 152 valence electrons. The number of nitrogens with zero attached hydrogens (tertiary/aromatic N) is 6. The van der Waals surface area contributed by atoms with Gasteiger partial charge in [-0.1, -0.05) is 23.9 Å². The van der Waals surface area contributed by atoms with Gasteiger partial charge in [0.05, 0.1) is 5.75 Å².